The molecule has 3 amide bonds. The minimum atomic E-state index is -0.789. The van der Waals surface area contributed by atoms with Gasteiger partial charge < -0.3 is 20.3 Å². The summed E-state index contributed by atoms with van der Waals surface area (Å²) in [4.78, 5) is 42.8. The molecule has 0 aliphatic heterocycles. The third-order valence-electron chi connectivity index (χ3n) is 7.67. The van der Waals surface area contributed by atoms with Gasteiger partial charge in [-0.2, -0.15) is 0 Å². The zero-order valence-corrected chi connectivity index (χ0v) is 23.8. The quantitative estimate of drug-likeness (QED) is 0.446. The van der Waals surface area contributed by atoms with Gasteiger partial charge in [0, 0.05) is 12.1 Å². The summed E-state index contributed by atoms with van der Waals surface area (Å²) in [5.41, 5.74) is 1.16. The van der Waals surface area contributed by atoms with E-state index in [-0.39, 0.29) is 35.7 Å². The van der Waals surface area contributed by atoms with Gasteiger partial charge in [-0.15, -0.1) is 0 Å². The second-order valence-corrected chi connectivity index (χ2v) is 12.2. The number of aryl methyl sites for hydroxylation is 1. The van der Waals surface area contributed by atoms with Crippen molar-refractivity contribution in [3.8, 4) is 0 Å². The van der Waals surface area contributed by atoms with Crippen LogP contribution in [0.4, 0.5) is 4.79 Å². The summed E-state index contributed by atoms with van der Waals surface area (Å²) in [5, 5.41) is 6.13. The molecule has 0 aromatic heterocycles. The SMILES string of the molecule is CCC(C)C(NC(=O)OC(C)(C)C)C(=O)N(C(C(=O)NC1CCCCC1)c1cccc(C)c1)C1CC1C. The van der Waals surface area contributed by atoms with Crippen LogP contribution in [0, 0.1) is 18.8 Å². The van der Waals surface area contributed by atoms with E-state index >= 15 is 0 Å². The normalized spacial score (nSPS) is 22.4. The molecule has 5 unspecified atom stereocenters. The molecule has 2 saturated carbocycles. The van der Waals surface area contributed by atoms with Crippen molar-refractivity contribution in [2.45, 2.75) is 123 Å². The van der Waals surface area contributed by atoms with Crippen molar-refractivity contribution in [1.29, 1.82) is 0 Å². The first kappa shape index (κ1) is 29.0. The fourth-order valence-corrected chi connectivity index (χ4v) is 5.26. The largest absolute Gasteiger partial charge is 0.444 e. The molecule has 3 rings (SSSR count). The van der Waals surface area contributed by atoms with Gasteiger partial charge in [-0.3, -0.25) is 9.59 Å². The molecular formula is C30H47N3O4. The standard InChI is InChI=1S/C30H47N3O4/c1-8-20(3)25(32-29(36)37-30(5,6)7)28(35)33(24-18-21(24)4)26(22-14-12-13-19(2)17-22)27(34)31-23-15-10-9-11-16-23/h12-14,17,20-21,23-26H,8-11,15-16,18H2,1-7H3,(H,31,34)(H,32,36). The number of nitrogens with zero attached hydrogens (tertiary/aromatic N) is 1. The van der Waals surface area contributed by atoms with Gasteiger partial charge in [0.15, 0.2) is 0 Å². The van der Waals surface area contributed by atoms with Gasteiger partial charge in [-0.1, -0.05) is 76.3 Å². The molecule has 0 heterocycles. The number of carbonyl (C=O) groups is 3. The molecule has 7 nitrogen and oxygen atoms in total. The van der Waals surface area contributed by atoms with E-state index < -0.39 is 23.8 Å². The molecule has 0 bridgehead atoms. The van der Waals surface area contributed by atoms with Crippen LogP contribution in [-0.2, 0) is 14.3 Å². The summed E-state index contributed by atoms with van der Waals surface area (Å²) >= 11 is 0. The Kier molecular flexibility index (Phi) is 9.65. The van der Waals surface area contributed by atoms with Crippen LogP contribution in [0.3, 0.4) is 0 Å². The number of rotatable bonds is 9. The van der Waals surface area contributed by atoms with Crippen LogP contribution >= 0.6 is 0 Å². The Morgan fingerprint density at radius 2 is 1.78 bits per heavy atom. The van der Waals surface area contributed by atoms with Crippen molar-refractivity contribution >= 4 is 17.9 Å². The maximum Gasteiger partial charge on any atom is 0.408 e. The van der Waals surface area contributed by atoms with E-state index in [4.69, 9.17) is 4.74 Å². The van der Waals surface area contributed by atoms with E-state index in [0.717, 1.165) is 43.2 Å². The lowest BCUT2D eigenvalue weighted by molar-refractivity contribution is -0.144. The molecular weight excluding hydrogens is 466 g/mol. The molecule has 2 fully saturated rings. The summed E-state index contributed by atoms with van der Waals surface area (Å²) < 4.78 is 5.50. The molecule has 1 aromatic rings. The molecule has 37 heavy (non-hydrogen) atoms. The summed E-state index contributed by atoms with van der Waals surface area (Å²) in [5.74, 6) is -0.195. The fraction of sp³-hybridized carbons (Fsp3) is 0.700. The van der Waals surface area contributed by atoms with Crippen molar-refractivity contribution < 1.29 is 19.1 Å². The number of hydrogen-bond donors (Lipinski definition) is 2. The Hall–Kier alpha value is -2.57. The van der Waals surface area contributed by atoms with Gasteiger partial charge in [-0.25, -0.2) is 4.79 Å². The van der Waals surface area contributed by atoms with Crippen LogP contribution in [0.1, 0.15) is 104 Å². The van der Waals surface area contributed by atoms with E-state index in [2.05, 4.69) is 17.6 Å². The Labute approximate surface area is 223 Å². The molecule has 0 saturated heterocycles. The molecule has 2 aliphatic carbocycles. The van der Waals surface area contributed by atoms with Gasteiger partial charge in [0.2, 0.25) is 11.8 Å². The molecule has 206 valence electrons. The zero-order chi connectivity index (χ0) is 27.3. The second-order valence-electron chi connectivity index (χ2n) is 12.2. The molecule has 2 aliphatic rings. The lowest BCUT2D eigenvalue weighted by Gasteiger charge is -2.37. The lowest BCUT2D eigenvalue weighted by Crippen LogP contribution is -2.56. The highest BCUT2D eigenvalue weighted by Gasteiger charge is 2.49. The Morgan fingerprint density at radius 3 is 2.32 bits per heavy atom. The zero-order valence-electron chi connectivity index (χ0n) is 23.8. The van der Waals surface area contributed by atoms with Gasteiger partial charge in [0.1, 0.15) is 17.7 Å². The highest BCUT2D eigenvalue weighted by atomic mass is 16.6. The van der Waals surface area contributed by atoms with Crippen LogP contribution in [0.2, 0.25) is 0 Å². The van der Waals surface area contributed by atoms with Gasteiger partial charge >= 0.3 is 6.09 Å². The van der Waals surface area contributed by atoms with Crippen molar-refractivity contribution in [2.24, 2.45) is 11.8 Å². The number of nitrogens with one attached hydrogen (secondary N) is 2. The number of hydrogen-bond acceptors (Lipinski definition) is 4. The Bertz CT molecular complexity index is 950. The van der Waals surface area contributed by atoms with Crippen molar-refractivity contribution in [3.05, 3.63) is 35.4 Å². The topological polar surface area (TPSA) is 87.7 Å². The van der Waals surface area contributed by atoms with E-state index in [0.29, 0.717) is 6.42 Å². The lowest BCUT2D eigenvalue weighted by atomic mass is 9.93. The van der Waals surface area contributed by atoms with Crippen molar-refractivity contribution in [1.82, 2.24) is 15.5 Å². The molecule has 5 atom stereocenters. The Balaban J connectivity index is 1.98. The predicted molar refractivity (Wildman–Crippen MR) is 146 cm³/mol. The van der Waals surface area contributed by atoms with Crippen molar-refractivity contribution in [2.75, 3.05) is 0 Å². The van der Waals surface area contributed by atoms with Crippen LogP contribution in [0.25, 0.3) is 0 Å². The average molecular weight is 514 g/mol. The minimum absolute atomic E-state index is 0.0536. The fourth-order valence-electron chi connectivity index (χ4n) is 5.26. The highest BCUT2D eigenvalue weighted by molar-refractivity contribution is 5.93. The number of amides is 3. The molecule has 7 heteroatoms. The first-order valence-corrected chi connectivity index (χ1v) is 14.1. The summed E-state index contributed by atoms with van der Waals surface area (Å²) in [6.07, 6.45) is 6.27. The van der Waals surface area contributed by atoms with Crippen LogP contribution in [0.15, 0.2) is 24.3 Å². The monoisotopic (exact) mass is 513 g/mol. The van der Waals surface area contributed by atoms with E-state index in [9.17, 15) is 14.4 Å². The first-order valence-electron chi connectivity index (χ1n) is 14.1. The van der Waals surface area contributed by atoms with Gasteiger partial charge in [-0.05, 0) is 64.4 Å². The maximum absolute atomic E-state index is 14.3. The molecule has 0 radical (unpaired) electrons. The van der Waals surface area contributed by atoms with Crippen LogP contribution < -0.4 is 10.6 Å². The molecule has 0 spiro atoms. The summed E-state index contributed by atoms with van der Waals surface area (Å²) in [6.45, 7) is 13.5. The number of carbonyl (C=O) groups excluding carboxylic acids is 3. The van der Waals surface area contributed by atoms with E-state index in [1.165, 1.54) is 6.42 Å². The predicted octanol–water partition coefficient (Wildman–Crippen LogP) is 5.66. The van der Waals surface area contributed by atoms with Gasteiger partial charge in [0.05, 0.1) is 0 Å². The number of benzene rings is 1. The third-order valence-corrected chi connectivity index (χ3v) is 7.67. The summed E-state index contributed by atoms with van der Waals surface area (Å²) in [7, 11) is 0. The number of alkyl carbamates (subject to hydrolysis) is 1. The molecule has 2 N–H and O–H groups in total. The smallest absolute Gasteiger partial charge is 0.408 e. The molecule has 1 aromatic carbocycles. The third kappa shape index (κ3) is 7.96. The van der Waals surface area contributed by atoms with E-state index in [1.54, 1.807) is 25.7 Å². The summed E-state index contributed by atoms with van der Waals surface area (Å²) in [6, 6.07) is 6.41. The first-order chi connectivity index (χ1) is 17.4. The van der Waals surface area contributed by atoms with E-state index in [1.807, 2.05) is 45.0 Å². The van der Waals surface area contributed by atoms with Crippen LogP contribution in [-0.4, -0.2) is 46.5 Å². The van der Waals surface area contributed by atoms with Crippen LogP contribution in [0.5, 0.6) is 0 Å². The average Bonchev–Trinajstić information content (AvgIpc) is 3.55. The highest BCUT2D eigenvalue weighted by Crippen LogP contribution is 2.41. The number of ether oxygens (including phenoxy) is 1. The minimum Gasteiger partial charge on any atom is -0.444 e. The maximum atomic E-state index is 14.3. The Morgan fingerprint density at radius 1 is 1.14 bits per heavy atom. The van der Waals surface area contributed by atoms with Gasteiger partial charge in [0.25, 0.3) is 0 Å². The van der Waals surface area contributed by atoms with Crippen molar-refractivity contribution in [3.63, 3.8) is 0 Å². The second kappa shape index (κ2) is 12.3.